The summed E-state index contributed by atoms with van der Waals surface area (Å²) < 4.78 is 0. The van der Waals surface area contributed by atoms with Crippen LogP contribution in [0.25, 0.3) is 0 Å². The van der Waals surface area contributed by atoms with E-state index in [1.165, 1.54) is 11.1 Å². The minimum Gasteiger partial charge on any atom is -0.308 e. The molecule has 4 heteroatoms. The van der Waals surface area contributed by atoms with Gasteiger partial charge >= 0.3 is 0 Å². The molecular weight excluding hydrogens is 318 g/mol. The van der Waals surface area contributed by atoms with Crippen LogP contribution in [0.4, 0.5) is 0 Å². The SMILES string of the molecule is CN(C)CCN(Cc1cccnc1)CC(C)(C)c1ccc(Cl)cc1. The predicted molar refractivity (Wildman–Crippen MR) is 103 cm³/mol. The van der Waals surface area contributed by atoms with Gasteiger partial charge in [0, 0.05) is 49.0 Å². The highest BCUT2D eigenvalue weighted by molar-refractivity contribution is 6.30. The van der Waals surface area contributed by atoms with Crippen molar-refractivity contribution in [2.75, 3.05) is 33.7 Å². The van der Waals surface area contributed by atoms with Crippen molar-refractivity contribution in [3.8, 4) is 0 Å². The van der Waals surface area contributed by atoms with E-state index in [9.17, 15) is 0 Å². The van der Waals surface area contributed by atoms with E-state index < -0.39 is 0 Å². The van der Waals surface area contributed by atoms with Gasteiger partial charge in [-0.1, -0.05) is 43.6 Å². The van der Waals surface area contributed by atoms with Crippen LogP contribution < -0.4 is 0 Å². The van der Waals surface area contributed by atoms with E-state index in [2.05, 4.69) is 60.9 Å². The highest BCUT2D eigenvalue weighted by atomic mass is 35.5. The second-order valence-electron chi connectivity index (χ2n) is 7.27. The van der Waals surface area contributed by atoms with Crippen molar-refractivity contribution in [3.05, 3.63) is 64.9 Å². The highest BCUT2D eigenvalue weighted by Crippen LogP contribution is 2.26. The second-order valence-corrected chi connectivity index (χ2v) is 7.70. The Morgan fingerprint density at radius 1 is 1.04 bits per heavy atom. The van der Waals surface area contributed by atoms with Crippen LogP contribution in [0.2, 0.25) is 5.02 Å². The number of hydrogen-bond acceptors (Lipinski definition) is 3. The van der Waals surface area contributed by atoms with E-state index in [1.807, 2.05) is 30.6 Å². The molecule has 1 aromatic carbocycles. The molecule has 0 amide bonds. The van der Waals surface area contributed by atoms with Crippen molar-refractivity contribution in [1.29, 1.82) is 0 Å². The van der Waals surface area contributed by atoms with E-state index in [0.29, 0.717) is 0 Å². The number of aromatic nitrogens is 1. The molecule has 0 bridgehead atoms. The average Bonchev–Trinajstić information content (AvgIpc) is 2.54. The first kappa shape index (κ1) is 18.9. The number of pyridine rings is 1. The lowest BCUT2D eigenvalue weighted by Crippen LogP contribution is -2.40. The number of benzene rings is 1. The fourth-order valence-electron chi connectivity index (χ4n) is 2.86. The molecule has 1 aromatic heterocycles. The Hall–Kier alpha value is -1.42. The zero-order valence-electron chi connectivity index (χ0n) is 15.2. The molecule has 0 spiro atoms. The molecule has 0 aliphatic rings. The topological polar surface area (TPSA) is 19.4 Å². The van der Waals surface area contributed by atoms with Gasteiger partial charge in [0.05, 0.1) is 0 Å². The summed E-state index contributed by atoms with van der Waals surface area (Å²) in [4.78, 5) is 8.98. The van der Waals surface area contributed by atoms with Crippen LogP contribution >= 0.6 is 11.6 Å². The van der Waals surface area contributed by atoms with Gasteiger partial charge in [-0.2, -0.15) is 0 Å². The fourth-order valence-corrected chi connectivity index (χ4v) is 2.98. The smallest absolute Gasteiger partial charge is 0.0406 e. The van der Waals surface area contributed by atoms with Crippen LogP contribution in [0, 0.1) is 0 Å². The lowest BCUT2D eigenvalue weighted by atomic mass is 9.84. The molecule has 3 nitrogen and oxygen atoms in total. The van der Waals surface area contributed by atoms with Crippen molar-refractivity contribution < 1.29 is 0 Å². The summed E-state index contributed by atoms with van der Waals surface area (Å²) in [5, 5.41) is 0.786. The Bertz CT molecular complexity index is 609. The van der Waals surface area contributed by atoms with Crippen molar-refractivity contribution in [2.45, 2.75) is 25.8 Å². The van der Waals surface area contributed by atoms with Crippen LogP contribution in [-0.4, -0.2) is 48.5 Å². The van der Waals surface area contributed by atoms with Gasteiger partial charge in [-0.15, -0.1) is 0 Å². The molecule has 1 heterocycles. The van der Waals surface area contributed by atoms with E-state index in [1.54, 1.807) is 0 Å². The summed E-state index contributed by atoms with van der Waals surface area (Å²) in [6, 6.07) is 12.4. The van der Waals surface area contributed by atoms with Crippen LogP contribution in [0.5, 0.6) is 0 Å². The van der Waals surface area contributed by atoms with Crippen molar-refractivity contribution in [3.63, 3.8) is 0 Å². The Kier molecular flexibility index (Phi) is 6.79. The number of halogens is 1. The lowest BCUT2D eigenvalue weighted by molar-refractivity contribution is 0.195. The monoisotopic (exact) mass is 345 g/mol. The molecular formula is C20H28ClN3. The highest BCUT2D eigenvalue weighted by Gasteiger charge is 2.24. The number of hydrogen-bond donors (Lipinski definition) is 0. The number of nitrogens with zero attached hydrogens (tertiary/aromatic N) is 3. The van der Waals surface area contributed by atoms with Gasteiger partial charge in [0.1, 0.15) is 0 Å². The van der Waals surface area contributed by atoms with Gasteiger partial charge < -0.3 is 4.90 Å². The zero-order valence-corrected chi connectivity index (χ0v) is 15.9. The van der Waals surface area contributed by atoms with Crippen LogP contribution in [0.1, 0.15) is 25.0 Å². The van der Waals surface area contributed by atoms with Crippen molar-refractivity contribution in [1.82, 2.24) is 14.8 Å². The molecule has 2 rings (SSSR count). The lowest BCUT2D eigenvalue weighted by Gasteiger charge is -2.34. The molecule has 0 fully saturated rings. The first-order chi connectivity index (χ1) is 11.4. The Labute approximate surface area is 151 Å². The van der Waals surface area contributed by atoms with Gasteiger partial charge in [-0.3, -0.25) is 9.88 Å². The van der Waals surface area contributed by atoms with Crippen LogP contribution in [-0.2, 0) is 12.0 Å². The maximum atomic E-state index is 6.04. The average molecular weight is 346 g/mol. The summed E-state index contributed by atoms with van der Waals surface area (Å²) in [5.41, 5.74) is 2.62. The first-order valence-electron chi connectivity index (χ1n) is 8.39. The second kappa shape index (κ2) is 8.61. The van der Waals surface area contributed by atoms with E-state index in [4.69, 9.17) is 11.6 Å². The molecule has 24 heavy (non-hydrogen) atoms. The summed E-state index contributed by atoms with van der Waals surface area (Å²) >= 11 is 6.04. The van der Waals surface area contributed by atoms with E-state index in [-0.39, 0.29) is 5.41 Å². The fraction of sp³-hybridized carbons (Fsp3) is 0.450. The van der Waals surface area contributed by atoms with Crippen molar-refractivity contribution >= 4 is 11.6 Å². The molecule has 0 saturated heterocycles. The summed E-state index contributed by atoms with van der Waals surface area (Å²) in [5.74, 6) is 0. The normalized spacial score (nSPS) is 12.1. The Balaban J connectivity index is 2.11. The molecule has 2 aromatic rings. The number of likely N-dealkylation sites (N-methyl/N-ethyl adjacent to an activating group) is 1. The molecule has 0 aliphatic heterocycles. The Morgan fingerprint density at radius 3 is 2.33 bits per heavy atom. The quantitative estimate of drug-likeness (QED) is 0.718. The molecule has 0 radical (unpaired) electrons. The standard InChI is InChI=1S/C20H28ClN3/c1-20(2,18-7-9-19(21)10-8-18)16-24(13-12-23(3)4)15-17-6-5-11-22-14-17/h5-11,14H,12-13,15-16H2,1-4H3. The molecule has 0 unspecified atom stereocenters. The summed E-state index contributed by atoms with van der Waals surface area (Å²) in [6.07, 6.45) is 3.78. The Morgan fingerprint density at radius 2 is 1.75 bits per heavy atom. The van der Waals surface area contributed by atoms with Gasteiger partial charge in [0.25, 0.3) is 0 Å². The van der Waals surface area contributed by atoms with Gasteiger partial charge in [0.2, 0.25) is 0 Å². The van der Waals surface area contributed by atoms with Crippen LogP contribution in [0.15, 0.2) is 48.8 Å². The van der Waals surface area contributed by atoms with Crippen LogP contribution in [0.3, 0.4) is 0 Å². The van der Waals surface area contributed by atoms with Gasteiger partial charge in [-0.05, 0) is 43.4 Å². The third-order valence-electron chi connectivity index (χ3n) is 4.24. The van der Waals surface area contributed by atoms with Crippen molar-refractivity contribution in [2.24, 2.45) is 0 Å². The van der Waals surface area contributed by atoms with Gasteiger partial charge in [0.15, 0.2) is 0 Å². The minimum atomic E-state index is 0.0547. The maximum absolute atomic E-state index is 6.04. The molecule has 130 valence electrons. The zero-order chi connectivity index (χ0) is 17.6. The summed E-state index contributed by atoms with van der Waals surface area (Å²) in [7, 11) is 4.24. The molecule has 0 aliphatic carbocycles. The molecule has 0 N–H and O–H groups in total. The number of rotatable bonds is 8. The summed E-state index contributed by atoms with van der Waals surface area (Å²) in [6.45, 7) is 8.55. The molecule has 0 saturated carbocycles. The van der Waals surface area contributed by atoms with E-state index >= 15 is 0 Å². The predicted octanol–water partition coefficient (Wildman–Crippen LogP) is 4.08. The first-order valence-corrected chi connectivity index (χ1v) is 8.77. The third-order valence-corrected chi connectivity index (χ3v) is 4.49. The van der Waals surface area contributed by atoms with Gasteiger partial charge in [-0.25, -0.2) is 0 Å². The molecule has 0 atom stereocenters. The largest absolute Gasteiger partial charge is 0.308 e. The maximum Gasteiger partial charge on any atom is 0.0406 e. The van der Waals surface area contributed by atoms with E-state index in [0.717, 1.165) is 31.2 Å². The third kappa shape index (κ3) is 5.90. The minimum absolute atomic E-state index is 0.0547.